The molecule has 4 rings (SSSR count). The Hall–Kier alpha value is -3.09. The monoisotopic (exact) mass is 422 g/mol. The van der Waals surface area contributed by atoms with E-state index in [0.717, 1.165) is 37.0 Å². The second-order valence-electron chi connectivity index (χ2n) is 8.61. The molecule has 0 spiro atoms. The van der Waals surface area contributed by atoms with Crippen LogP contribution < -0.4 is 20.4 Å². The van der Waals surface area contributed by atoms with E-state index in [4.69, 9.17) is 0 Å². The van der Waals surface area contributed by atoms with Crippen LogP contribution in [0.3, 0.4) is 0 Å². The van der Waals surface area contributed by atoms with Crippen LogP contribution >= 0.6 is 0 Å². The average molecular weight is 423 g/mol. The normalized spacial score (nSPS) is 24.1. The zero-order valence-electron chi connectivity index (χ0n) is 17.8. The molecule has 2 aliphatic heterocycles. The molecule has 7 heteroatoms. The lowest BCUT2D eigenvalue weighted by molar-refractivity contribution is -0.121. The number of piperidine rings is 1. The van der Waals surface area contributed by atoms with Crippen LogP contribution in [0.15, 0.2) is 48.7 Å². The van der Waals surface area contributed by atoms with Gasteiger partial charge in [-0.25, -0.2) is 4.79 Å². The third-order valence-corrected chi connectivity index (χ3v) is 6.47. The molecule has 0 radical (unpaired) electrons. The number of carbonyl (C=O) groups excluding carboxylic acids is 3. The van der Waals surface area contributed by atoms with Crippen LogP contribution in [0.1, 0.15) is 32.1 Å². The lowest BCUT2D eigenvalue weighted by atomic mass is 10.0. The first-order chi connectivity index (χ1) is 15.1. The predicted octanol–water partition coefficient (Wildman–Crippen LogP) is 2.99. The zero-order chi connectivity index (χ0) is 21.8. The molecule has 164 valence electrons. The van der Waals surface area contributed by atoms with E-state index in [1.807, 2.05) is 12.1 Å². The molecular weight excluding hydrogens is 392 g/mol. The summed E-state index contributed by atoms with van der Waals surface area (Å²) in [5.74, 6) is 1.64. The Balaban J connectivity index is 1.36. The van der Waals surface area contributed by atoms with E-state index in [1.165, 1.54) is 37.1 Å². The van der Waals surface area contributed by atoms with Crippen molar-refractivity contribution < 1.29 is 14.4 Å². The van der Waals surface area contributed by atoms with Gasteiger partial charge in [0.2, 0.25) is 5.91 Å². The number of carbonyl (C=O) groups is 3. The minimum Gasteiger partial charge on any atom is -0.371 e. The van der Waals surface area contributed by atoms with Crippen molar-refractivity contribution in [2.75, 3.05) is 29.4 Å². The molecule has 31 heavy (non-hydrogen) atoms. The molecule has 7 nitrogen and oxygen atoms in total. The fourth-order valence-electron chi connectivity index (χ4n) is 4.65. The van der Waals surface area contributed by atoms with E-state index in [1.54, 1.807) is 4.90 Å². The molecule has 2 atom stereocenters. The van der Waals surface area contributed by atoms with Crippen molar-refractivity contribution >= 4 is 29.6 Å². The number of aldehydes is 1. The molecule has 2 heterocycles. The van der Waals surface area contributed by atoms with Gasteiger partial charge < -0.3 is 20.4 Å². The van der Waals surface area contributed by atoms with Crippen LogP contribution in [0, 0.1) is 11.8 Å². The molecule has 3 fully saturated rings. The highest BCUT2D eigenvalue weighted by Gasteiger charge is 2.36. The van der Waals surface area contributed by atoms with Gasteiger partial charge in [0.15, 0.2) is 6.29 Å². The zero-order valence-corrected chi connectivity index (χ0v) is 17.8. The SMILES string of the molecule is C=C/C=C(\C=O)NC(=O)N[C@@H]1CCCN(c2ccc(N3CCC(C4CC4)C3)cc2)C1=O. The summed E-state index contributed by atoms with van der Waals surface area (Å²) in [6, 6.07) is 6.99. The van der Waals surface area contributed by atoms with Gasteiger partial charge in [0.05, 0.1) is 5.70 Å². The number of rotatable bonds is 7. The highest BCUT2D eigenvalue weighted by molar-refractivity contribution is 6.00. The topological polar surface area (TPSA) is 81.8 Å². The Morgan fingerprint density at radius 1 is 1.03 bits per heavy atom. The fraction of sp³-hybridized carbons (Fsp3) is 0.458. The number of amides is 3. The largest absolute Gasteiger partial charge is 0.371 e. The third-order valence-electron chi connectivity index (χ3n) is 6.47. The lowest BCUT2D eigenvalue weighted by Gasteiger charge is -2.33. The standard InChI is InChI=1S/C24H30N4O3/c1-2-4-19(16-29)25-24(31)26-22-5-3-13-28(23(22)30)21-10-8-20(9-11-21)27-14-12-18(15-27)17-6-7-17/h2,4,8-11,16-18,22H,1,3,5-7,12-15H2,(H2,25,26,31)/b19-4+/t18?,22-/m1/s1. The summed E-state index contributed by atoms with van der Waals surface area (Å²) in [6.45, 7) is 6.37. The van der Waals surface area contributed by atoms with E-state index in [-0.39, 0.29) is 11.6 Å². The molecule has 2 N–H and O–H groups in total. The van der Waals surface area contributed by atoms with Gasteiger partial charge in [-0.05, 0) is 74.3 Å². The molecule has 1 aromatic rings. The lowest BCUT2D eigenvalue weighted by Crippen LogP contribution is -2.54. The van der Waals surface area contributed by atoms with E-state index in [2.05, 4.69) is 34.2 Å². The Morgan fingerprint density at radius 2 is 1.77 bits per heavy atom. The van der Waals surface area contributed by atoms with Gasteiger partial charge >= 0.3 is 6.03 Å². The van der Waals surface area contributed by atoms with Crippen molar-refractivity contribution in [3.63, 3.8) is 0 Å². The van der Waals surface area contributed by atoms with Crippen LogP contribution in [0.25, 0.3) is 0 Å². The number of nitrogens with one attached hydrogen (secondary N) is 2. The van der Waals surface area contributed by atoms with Crippen LogP contribution in [-0.4, -0.2) is 43.9 Å². The van der Waals surface area contributed by atoms with Crippen LogP contribution in [0.4, 0.5) is 16.2 Å². The second kappa shape index (κ2) is 9.37. The summed E-state index contributed by atoms with van der Waals surface area (Å²) in [5.41, 5.74) is 2.15. The summed E-state index contributed by atoms with van der Waals surface area (Å²) < 4.78 is 0. The summed E-state index contributed by atoms with van der Waals surface area (Å²) >= 11 is 0. The number of hydrogen-bond acceptors (Lipinski definition) is 4. The molecule has 3 aliphatic rings. The van der Waals surface area contributed by atoms with Crippen LogP contribution in [0.5, 0.6) is 0 Å². The number of allylic oxidation sites excluding steroid dienone is 3. The molecule has 0 bridgehead atoms. The van der Waals surface area contributed by atoms with Crippen molar-refractivity contribution in [3.05, 3.63) is 48.7 Å². The van der Waals surface area contributed by atoms with Crippen LogP contribution in [0.2, 0.25) is 0 Å². The highest BCUT2D eigenvalue weighted by Crippen LogP contribution is 2.42. The maximum absolute atomic E-state index is 13.0. The highest BCUT2D eigenvalue weighted by atomic mass is 16.2. The van der Waals surface area contributed by atoms with Crippen molar-refractivity contribution in [2.45, 2.75) is 38.1 Å². The molecule has 3 amide bonds. The van der Waals surface area contributed by atoms with Crippen LogP contribution in [-0.2, 0) is 9.59 Å². The van der Waals surface area contributed by atoms with E-state index >= 15 is 0 Å². The molecule has 1 aromatic carbocycles. The van der Waals surface area contributed by atoms with Gasteiger partial charge in [0, 0.05) is 31.0 Å². The van der Waals surface area contributed by atoms with Crippen molar-refractivity contribution in [2.24, 2.45) is 11.8 Å². The minimum atomic E-state index is -0.622. The van der Waals surface area contributed by atoms with Gasteiger partial charge in [0.1, 0.15) is 6.04 Å². The molecular formula is C24H30N4O3. The quantitative estimate of drug-likeness (QED) is 0.402. The van der Waals surface area contributed by atoms with Gasteiger partial charge in [-0.1, -0.05) is 12.7 Å². The van der Waals surface area contributed by atoms with E-state index in [0.29, 0.717) is 19.3 Å². The first-order valence-electron chi connectivity index (χ1n) is 11.1. The molecule has 0 aromatic heterocycles. The van der Waals surface area contributed by atoms with Gasteiger partial charge in [-0.15, -0.1) is 0 Å². The Morgan fingerprint density at radius 3 is 2.45 bits per heavy atom. The molecule has 1 saturated carbocycles. The number of anilines is 2. The summed E-state index contributed by atoms with van der Waals surface area (Å²) in [4.78, 5) is 40.3. The number of urea groups is 1. The minimum absolute atomic E-state index is 0.0917. The first kappa shape index (κ1) is 21.2. The number of hydrogen-bond donors (Lipinski definition) is 2. The fourth-order valence-corrected chi connectivity index (χ4v) is 4.65. The Kier molecular flexibility index (Phi) is 6.39. The predicted molar refractivity (Wildman–Crippen MR) is 121 cm³/mol. The first-order valence-corrected chi connectivity index (χ1v) is 11.1. The number of nitrogens with zero attached hydrogens (tertiary/aromatic N) is 2. The van der Waals surface area contributed by atoms with Crippen molar-refractivity contribution in [1.29, 1.82) is 0 Å². The smallest absolute Gasteiger partial charge is 0.319 e. The van der Waals surface area contributed by atoms with Crippen molar-refractivity contribution in [3.8, 4) is 0 Å². The van der Waals surface area contributed by atoms with Gasteiger partial charge in [-0.3, -0.25) is 9.59 Å². The maximum atomic E-state index is 13.0. The van der Waals surface area contributed by atoms with E-state index < -0.39 is 12.1 Å². The van der Waals surface area contributed by atoms with Gasteiger partial charge in [-0.2, -0.15) is 0 Å². The maximum Gasteiger partial charge on any atom is 0.319 e. The van der Waals surface area contributed by atoms with E-state index in [9.17, 15) is 14.4 Å². The molecule has 2 saturated heterocycles. The third kappa shape index (κ3) is 4.98. The molecule has 1 unspecified atom stereocenters. The second-order valence-corrected chi connectivity index (χ2v) is 8.61. The van der Waals surface area contributed by atoms with Gasteiger partial charge in [0.25, 0.3) is 0 Å². The van der Waals surface area contributed by atoms with Crippen molar-refractivity contribution in [1.82, 2.24) is 10.6 Å². The Labute approximate surface area is 183 Å². The number of benzene rings is 1. The summed E-state index contributed by atoms with van der Waals surface area (Å²) in [6.07, 6.45) is 8.76. The summed E-state index contributed by atoms with van der Waals surface area (Å²) in [5, 5.41) is 5.13. The summed E-state index contributed by atoms with van der Waals surface area (Å²) in [7, 11) is 0. The molecule has 1 aliphatic carbocycles. The average Bonchev–Trinajstić information content (AvgIpc) is 3.51. The Bertz CT molecular complexity index is 875.